The molecule has 1 saturated carbocycles. The fourth-order valence-electron chi connectivity index (χ4n) is 4.59. The Morgan fingerprint density at radius 3 is 2.50 bits per heavy atom. The van der Waals surface area contributed by atoms with Gasteiger partial charge < -0.3 is 15.5 Å². The molecule has 2 N–H and O–H groups in total. The van der Waals surface area contributed by atoms with Gasteiger partial charge in [-0.2, -0.15) is 0 Å². The highest BCUT2D eigenvalue weighted by Gasteiger charge is 2.31. The van der Waals surface area contributed by atoms with E-state index in [1.807, 2.05) is 7.05 Å². The van der Waals surface area contributed by atoms with E-state index in [0.717, 1.165) is 51.4 Å². The second kappa shape index (κ2) is 13.4. The summed E-state index contributed by atoms with van der Waals surface area (Å²) in [6.45, 7) is 7.74. The molecule has 1 aromatic rings. The average Bonchev–Trinajstić information content (AvgIpc) is 3.26. The Morgan fingerprint density at radius 2 is 1.84 bits per heavy atom. The van der Waals surface area contributed by atoms with Crippen LogP contribution in [0.1, 0.15) is 63.5 Å². The van der Waals surface area contributed by atoms with E-state index >= 15 is 0 Å². The molecule has 7 heteroatoms. The van der Waals surface area contributed by atoms with E-state index in [0.29, 0.717) is 11.9 Å². The van der Waals surface area contributed by atoms with Crippen molar-refractivity contribution < 1.29 is 4.79 Å². The van der Waals surface area contributed by atoms with E-state index in [-0.39, 0.29) is 35.9 Å². The monoisotopic (exact) mass is 555 g/mol. The lowest BCUT2D eigenvalue weighted by molar-refractivity contribution is -0.135. The molecule has 0 spiro atoms. The van der Waals surface area contributed by atoms with Crippen LogP contribution in [-0.4, -0.2) is 60.9 Å². The maximum Gasteiger partial charge on any atom is 0.225 e. The van der Waals surface area contributed by atoms with Gasteiger partial charge in [0, 0.05) is 51.2 Å². The van der Waals surface area contributed by atoms with E-state index in [1.165, 1.54) is 30.4 Å². The molecule has 1 unspecified atom stereocenters. The average molecular weight is 556 g/mol. The van der Waals surface area contributed by atoms with Crippen molar-refractivity contribution in [2.75, 3.05) is 27.2 Å². The van der Waals surface area contributed by atoms with Gasteiger partial charge in [0.05, 0.1) is 0 Å². The van der Waals surface area contributed by atoms with Crippen molar-refractivity contribution in [1.29, 1.82) is 0 Å². The van der Waals surface area contributed by atoms with Crippen molar-refractivity contribution in [2.24, 2.45) is 10.9 Å². The number of hydrogen-bond acceptors (Lipinski definition) is 3. The Hall–Kier alpha value is -1.35. The molecule has 1 amide bonds. The number of halogens is 1. The highest BCUT2D eigenvalue weighted by molar-refractivity contribution is 14.0. The summed E-state index contributed by atoms with van der Waals surface area (Å²) in [4.78, 5) is 21.7. The zero-order valence-electron chi connectivity index (χ0n) is 20.3. The molecular weight excluding hydrogens is 513 g/mol. The van der Waals surface area contributed by atoms with Gasteiger partial charge in [-0.1, -0.05) is 43.5 Å². The lowest BCUT2D eigenvalue weighted by Crippen LogP contribution is -2.45. The largest absolute Gasteiger partial charge is 0.352 e. The van der Waals surface area contributed by atoms with Crippen LogP contribution in [0.25, 0.3) is 0 Å². The molecule has 0 bridgehead atoms. The van der Waals surface area contributed by atoms with Gasteiger partial charge in [0.2, 0.25) is 5.91 Å². The number of likely N-dealkylation sites (tertiary alicyclic amines) is 1. The van der Waals surface area contributed by atoms with Gasteiger partial charge >= 0.3 is 0 Å². The van der Waals surface area contributed by atoms with Crippen molar-refractivity contribution in [3.8, 4) is 0 Å². The molecule has 32 heavy (non-hydrogen) atoms. The molecule has 1 atom stereocenters. The number of amides is 1. The van der Waals surface area contributed by atoms with Crippen molar-refractivity contribution in [2.45, 2.75) is 77.5 Å². The van der Waals surface area contributed by atoms with Crippen molar-refractivity contribution in [1.82, 2.24) is 20.4 Å². The third-order valence-corrected chi connectivity index (χ3v) is 6.88. The summed E-state index contributed by atoms with van der Waals surface area (Å²) in [6, 6.07) is 9.37. The second-order valence-electron chi connectivity index (χ2n) is 9.45. The number of carbonyl (C=O) groups excluding carboxylic acids is 1. The minimum absolute atomic E-state index is 0. The van der Waals surface area contributed by atoms with Crippen LogP contribution in [0.2, 0.25) is 0 Å². The first-order valence-electron chi connectivity index (χ1n) is 12.0. The topological polar surface area (TPSA) is 60.0 Å². The summed E-state index contributed by atoms with van der Waals surface area (Å²) < 4.78 is 0. The Kier molecular flexibility index (Phi) is 11.2. The van der Waals surface area contributed by atoms with E-state index in [9.17, 15) is 4.79 Å². The minimum Gasteiger partial charge on any atom is -0.352 e. The summed E-state index contributed by atoms with van der Waals surface area (Å²) in [5.74, 6) is 1.43. The zero-order valence-corrected chi connectivity index (χ0v) is 22.6. The maximum atomic E-state index is 12.8. The first kappa shape index (κ1) is 26.9. The van der Waals surface area contributed by atoms with Crippen LogP contribution in [0, 0.1) is 5.92 Å². The lowest BCUT2D eigenvalue weighted by Gasteiger charge is -2.26. The van der Waals surface area contributed by atoms with Crippen LogP contribution in [0.15, 0.2) is 29.3 Å². The first-order chi connectivity index (χ1) is 15.0. The van der Waals surface area contributed by atoms with Crippen LogP contribution < -0.4 is 10.6 Å². The Labute approximate surface area is 211 Å². The van der Waals surface area contributed by atoms with Crippen LogP contribution in [-0.2, 0) is 17.9 Å². The Bertz CT molecular complexity index is 748. The fourth-order valence-corrected chi connectivity index (χ4v) is 4.59. The highest BCUT2D eigenvalue weighted by atomic mass is 127. The van der Waals surface area contributed by atoms with Gasteiger partial charge in [0.25, 0.3) is 0 Å². The molecule has 0 radical (unpaired) electrons. The summed E-state index contributed by atoms with van der Waals surface area (Å²) >= 11 is 0. The third kappa shape index (κ3) is 7.61. The molecule has 3 rings (SSSR count). The van der Waals surface area contributed by atoms with E-state index in [2.05, 4.69) is 70.6 Å². The molecular formula is C25H42IN5O. The number of nitrogens with zero attached hydrogens (tertiary/aromatic N) is 3. The van der Waals surface area contributed by atoms with Crippen LogP contribution in [0.3, 0.4) is 0 Å². The first-order valence-corrected chi connectivity index (χ1v) is 12.0. The maximum absolute atomic E-state index is 12.8. The van der Waals surface area contributed by atoms with Crippen molar-refractivity contribution in [3.05, 3.63) is 35.4 Å². The highest BCUT2D eigenvalue weighted by Crippen LogP contribution is 2.26. The third-order valence-electron chi connectivity index (χ3n) is 6.88. The number of aliphatic imine (C=N–C) groups is 1. The summed E-state index contributed by atoms with van der Waals surface area (Å²) in [5, 5.41) is 7.02. The smallest absolute Gasteiger partial charge is 0.225 e. The molecule has 6 nitrogen and oxygen atoms in total. The van der Waals surface area contributed by atoms with Gasteiger partial charge in [-0.3, -0.25) is 14.7 Å². The predicted molar refractivity (Wildman–Crippen MR) is 143 cm³/mol. The van der Waals surface area contributed by atoms with E-state index in [1.54, 1.807) is 0 Å². The van der Waals surface area contributed by atoms with Gasteiger partial charge in [-0.05, 0) is 51.3 Å². The van der Waals surface area contributed by atoms with Crippen LogP contribution in [0.4, 0.5) is 0 Å². The molecule has 180 valence electrons. The SMILES string of the molecule is CN=C(NCc1ccccc1CN(C)C(C)C)NC1CCN(C(=O)C2CCCCC2)C1.I. The van der Waals surface area contributed by atoms with E-state index < -0.39 is 0 Å². The molecule has 1 saturated heterocycles. The number of benzene rings is 1. The molecule has 1 aromatic carbocycles. The standard InChI is InChI=1S/C25H41N5O.HI/c1-19(2)29(4)17-22-13-9-8-12-21(22)16-27-25(26-3)28-23-14-15-30(18-23)24(31)20-10-6-5-7-11-20;/h8-9,12-13,19-20,23H,5-7,10-11,14-18H2,1-4H3,(H2,26,27,28);1H. The predicted octanol–water partition coefficient (Wildman–Crippen LogP) is 3.99. The lowest BCUT2D eigenvalue weighted by atomic mass is 9.88. The number of carbonyl (C=O) groups is 1. The minimum atomic E-state index is 0. The summed E-state index contributed by atoms with van der Waals surface area (Å²) in [6.07, 6.45) is 6.82. The number of rotatable bonds is 7. The molecule has 1 aliphatic carbocycles. The van der Waals surface area contributed by atoms with Gasteiger partial charge in [0.1, 0.15) is 0 Å². The Morgan fingerprint density at radius 1 is 1.16 bits per heavy atom. The normalized spacial score (nSPS) is 19.9. The molecule has 2 aliphatic rings. The summed E-state index contributed by atoms with van der Waals surface area (Å²) in [5.41, 5.74) is 2.63. The quantitative estimate of drug-likeness (QED) is 0.304. The number of guanidine groups is 1. The zero-order chi connectivity index (χ0) is 22.2. The number of nitrogens with one attached hydrogen (secondary N) is 2. The van der Waals surface area contributed by atoms with Crippen LogP contribution in [0.5, 0.6) is 0 Å². The van der Waals surface area contributed by atoms with Gasteiger partial charge in [-0.15, -0.1) is 24.0 Å². The molecule has 0 aromatic heterocycles. The van der Waals surface area contributed by atoms with Crippen LogP contribution >= 0.6 is 24.0 Å². The van der Waals surface area contributed by atoms with E-state index in [4.69, 9.17) is 0 Å². The Balaban J connectivity index is 0.00000363. The second-order valence-corrected chi connectivity index (χ2v) is 9.45. The molecule has 1 aliphatic heterocycles. The fraction of sp³-hybridized carbons (Fsp3) is 0.680. The van der Waals surface area contributed by atoms with Crippen molar-refractivity contribution in [3.63, 3.8) is 0 Å². The summed E-state index contributed by atoms with van der Waals surface area (Å²) in [7, 11) is 3.98. The number of hydrogen-bond donors (Lipinski definition) is 2. The molecule has 1 heterocycles. The van der Waals surface area contributed by atoms with Gasteiger partial charge in [0.15, 0.2) is 5.96 Å². The molecule has 2 fully saturated rings. The van der Waals surface area contributed by atoms with Gasteiger partial charge in [-0.25, -0.2) is 0 Å². The van der Waals surface area contributed by atoms with Crippen molar-refractivity contribution >= 4 is 35.8 Å².